The van der Waals surface area contributed by atoms with E-state index in [0.29, 0.717) is 0 Å². The van der Waals surface area contributed by atoms with E-state index in [1.54, 1.807) is 27.7 Å². The minimum absolute atomic E-state index is 0.00597. The lowest BCUT2D eigenvalue weighted by molar-refractivity contribution is 0.0439. The predicted molar refractivity (Wildman–Crippen MR) is 79.0 cm³/mol. The third-order valence-electron chi connectivity index (χ3n) is 2.52. The molecule has 0 heterocycles. The molecule has 2 atom stereocenters. The number of aliphatic hydroxyl groups is 1. The van der Waals surface area contributed by atoms with Crippen LogP contribution in [0.25, 0.3) is 0 Å². The fourth-order valence-corrected chi connectivity index (χ4v) is 1.43. The second kappa shape index (κ2) is 8.71. The van der Waals surface area contributed by atoms with Gasteiger partial charge in [-0.3, -0.25) is 0 Å². The smallest absolute Gasteiger partial charge is 0.407 e. The van der Waals surface area contributed by atoms with Gasteiger partial charge < -0.3 is 25.2 Å². The van der Waals surface area contributed by atoms with E-state index in [4.69, 9.17) is 9.47 Å². The van der Waals surface area contributed by atoms with Crippen molar-refractivity contribution in [2.24, 2.45) is 5.92 Å². The molecule has 0 saturated carbocycles. The number of carbonyl (C=O) groups is 2. The van der Waals surface area contributed by atoms with Gasteiger partial charge >= 0.3 is 12.2 Å². The first-order valence-electron chi connectivity index (χ1n) is 7.08. The van der Waals surface area contributed by atoms with Crippen LogP contribution in [0.3, 0.4) is 0 Å². The van der Waals surface area contributed by atoms with E-state index in [2.05, 4.69) is 10.6 Å². The molecule has 7 heteroatoms. The number of hydrogen-bond donors (Lipinski definition) is 3. The van der Waals surface area contributed by atoms with Gasteiger partial charge in [-0.15, -0.1) is 0 Å². The summed E-state index contributed by atoms with van der Waals surface area (Å²) < 4.78 is 10.1. The normalized spacial score (nSPS) is 14.3. The number of ether oxygens (including phenoxy) is 2. The highest BCUT2D eigenvalue weighted by Crippen LogP contribution is 2.09. The van der Waals surface area contributed by atoms with E-state index in [-0.39, 0.29) is 19.3 Å². The molecule has 0 aliphatic rings. The molecule has 124 valence electrons. The lowest BCUT2D eigenvalue weighted by Crippen LogP contribution is -2.44. The molecule has 0 rings (SSSR count). The summed E-state index contributed by atoms with van der Waals surface area (Å²) in [7, 11) is 0. The van der Waals surface area contributed by atoms with Crippen molar-refractivity contribution in [2.75, 3.05) is 13.2 Å². The maximum absolute atomic E-state index is 11.6. The van der Waals surface area contributed by atoms with E-state index < -0.39 is 29.7 Å². The van der Waals surface area contributed by atoms with Crippen LogP contribution in [-0.4, -0.2) is 48.2 Å². The van der Waals surface area contributed by atoms with Gasteiger partial charge in [0.2, 0.25) is 0 Å². The quantitative estimate of drug-likeness (QED) is 0.693. The first kappa shape index (κ1) is 19.5. The molecule has 0 spiro atoms. The van der Waals surface area contributed by atoms with Crippen LogP contribution >= 0.6 is 0 Å². The molecule has 7 nitrogen and oxygen atoms in total. The maximum atomic E-state index is 11.6. The number of amides is 2. The van der Waals surface area contributed by atoms with Crippen molar-refractivity contribution in [3.63, 3.8) is 0 Å². The van der Waals surface area contributed by atoms with E-state index in [1.165, 1.54) is 0 Å². The first-order chi connectivity index (χ1) is 9.55. The van der Waals surface area contributed by atoms with Crippen molar-refractivity contribution in [3.8, 4) is 0 Å². The van der Waals surface area contributed by atoms with Crippen LogP contribution in [0.15, 0.2) is 0 Å². The highest BCUT2D eigenvalue weighted by atomic mass is 16.6. The molecular weight excluding hydrogens is 276 g/mol. The minimum Gasteiger partial charge on any atom is -0.449 e. The van der Waals surface area contributed by atoms with Crippen molar-refractivity contribution >= 4 is 12.2 Å². The monoisotopic (exact) mass is 304 g/mol. The van der Waals surface area contributed by atoms with Gasteiger partial charge in [0.1, 0.15) is 12.2 Å². The summed E-state index contributed by atoms with van der Waals surface area (Å²) in [5.41, 5.74) is -0.591. The Hall–Kier alpha value is -1.50. The Balaban J connectivity index is 4.27. The van der Waals surface area contributed by atoms with Gasteiger partial charge in [0, 0.05) is 18.0 Å². The molecule has 0 radical (unpaired) electrons. The number of alkyl carbamates (subject to hydrolysis) is 2. The Morgan fingerprint density at radius 2 is 1.67 bits per heavy atom. The zero-order valence-electron chi connectivity index (χ0n) is 13.7. The summed E-state index contributed by atoms with van der Waals surface area (Å²) in [6.07, 6.45) is -1.12. The summed E-state index contributed by atoms with van der Waals surface area (Å²) in [5.74, 6) is -0.407. The third-order valence-corrected chi connectivity index (χ3v) is 2.52. The van der Waals surface area contributed by atoms with Crippen molar-refractivity contribution in [3.05, 3.63) is 0 Å². The SMILES string of the molecule is CC(C)NC(=O)OCC(CO)C(C)NC(=O)OC(C)(C)C. The maximum Gasteiger partial charge on any atom is 0.407 e. The fraction of sp³-hybridized carbons (Fsp3) is 0.857. The Labute approximate surface area is 126 Å². The Bertz CT molecular complexity index is 339. The van der Waals surface area contributed by atoms with Gasteiger partial charge in [-0.05, 0) is 41.5 Å². The summed E-state index contributed by atoms with van der Waals surface area (Å²) in [6, 6.07) is -0.418. The van der Waals surface area contributed by atoms with Gasteiger partial charge in [0.15, 0.2) is 0 Å². The van der Waals surface area contributed by atoms with Crippen molar-refractivity contribution in [1.29, 1.82) is 0 Å². The first-order valence-corrected chi connectivity index (χ1v) is 7.08. The number of carbonyl (C=O) groups excluding carboxylic acids is 2. The number of hydrogen-bond acceptors (Lipinski definition) is 5. The van der Waals surface area contributed by atoms with Gasteiger partial charge in [-0.2, -0.15) is 0 Å². The molecule has 0 aliphatic carbocycles. The summed E-state index contributed by atoms with van der Waals surface area (Å²) in [4.78, 5) is 23.0. The van der Waals surface area contributed by atoms with Crippen LogP contribution in [0, 0.1) is 5.92 Å². The van der Waals surface area contributed by atoms with Gasteiger partial charge in [0.05, 0.1) is 6.61 Å². The standard InChI is InChI=1S/C14H28N2O5/c1-9(2)15-12(18)20-8-11(7-17)10(3)16-13(19)21-14(4,5)6/h9-11,17H,7-8H2,1-6H3,(H,15,18)(H,16,19). The predicted octanol–water partition coefficient (Wildman–Crippen LogP) is 1.64. The van der Waals surface area contributed by atoms with Crippen molar-refractivity contribution < 1.29 is 24.2 Å². The average molecular weight is 304 g/mol. The number of nitrogens with one attached hydrogen (secondary N) is 2. The molecule has 3 N–H and O–H groups in total. The van der Waals surface area contributed by atoms with Gasteiger partial charge in [0.25, 0.3) is 0 Å². The fourth-order valence-electron chi connectivity index (χ4n) is 1.43. The van der Waals surface area contributed by atoms with Gasteiger partial charge in [-0.25, -0.2) is 9.59 Å². The molecule has 0 aromatic carbocycles. The van der Waals surface area contributed by atoms with Crippen LogP contribution in [0.1, 0.15) is 41.5 Å². The molecule has 0 fully saturated rings. The largest absolute Gasteiger partial charge is 0.449 e. The Kier molecular flexibility index (Phi) is 8.09. The zero-order chi connectivity index (χ0) is 16.6. The molecule has 2 amide bonds. The van der Waals surface area contributed by atoms with E-state index in [0.717, 1.165) is 0 Å². The van der Waals surface area contributed by atoms with E-state index >= 15 is 0 Å². The van der Waals surface area contributed by atoms with E-state index in [1.807, 2.05) is 13.8 Å². The minimum atomic E-state index is -0.591. The van der Waals surface area contributed by atoms with E-state index in [9.17, 15) is 14.7 Å². The summed E-state index contributed by atoms with van der Waals surface area (Å²) >= 11 is 0. The van der Waals surface area contributed by atoms with Crippen LogP contribution in [-0.2, 0) is 9.47 Å². The van der Waals surface area contributed by atoms with Crippen LogP contribution in [0.4, 0.5) is 9.59 Å². The lowest BCUT2D eigenvalue weighted by atomic mass is 10.0. The second-order valence-corrected chi connectivity index (χ2v) is 6.28. The summed E-state index contributed by atoms with van der Waals surface area (Å²) in [5, 5.41) is 14.5. The Morgan fingerprint density at radius 1 is 1.10 bits per heavy atom. The summed E-state index contributed by atoms with van der Waals surface area (Å²) in [6.45, 7) is 10.4. The van der Waals surface area contributed by atoms with Crippen molar-refractivity contribution in [2.45, 2.75) is 59.2 Å². The van der Waals surface area contributed by atoms with Crippen LogP contribution in [0.2, 0.25) is 0 Å². The average Bonchev–Trinajstić information content (AvgIpc) is 2.25. The lowest BCUT2D eigenvalue weighted by Gasteiger charge is -2.25. The molecule has 0 aromatic rings. The number of rotatable bonds is 6. The Morgan fingerprint density at radius 3 is 2.10 bits per heavy atom. The highest BCUT2D eigenvalue weighted by Gasteiger charge is 2.23. The molecule has 0 aromatic heterocycles. The highest BCUT2D eigenvalue weighted by molar-refractivity contribution is 5.68. The number of aliphatic hydroxyl groups excluding tert-OH is 1. The van der Waals surface area contributed by atoms with Crippen molar-refractivity contribution in [1.82, 2.24) is 10.6 Å². The van der Waals surface area contributed by atoms with Crippen LogP contribution in [0.5, 0.6) is 0 Å². The molecule has 0 saturated heterocycles. The molecule has 21 heavy (non-hydrogen) atoms. The van der Waals surface area contributed by atoms with Gasteiger partial charge in [-0.1, -0.05) is 0 Å². The topological polar surface area (TPSA) is 96.9 Å². The van der Waals surface area contributed by atoms with Crippen LogP contribution < -0.4 is 10.6 Å². The molecule has 0 bridgehead atoms. The molecular formula is C14H28N2O5. The second-order valence-electron chi connectivity index (χ2n) is 6.28. The third kappa shape index (κ3) is 9.95. The molecule has 0 aliphatic heterocycles. The molecule has 2 unspecified atom stereocenters. The zero-order valence-corrected chi connectivity index (χ0v) is 13.7.